The fourth-order valence-corrected chi connectivity index (χ4v) is 2.61. The van der Waals surface area contributed by atoms with Crippen molar-refractivity contribution in [3.8, 4) is 0 Å². The minimum absolute atomic E-state index is 0.621. The molecule has 0 amide bonds. The molecule has 1 N–H and O–H groups in total. The van der Waals surface area contributed by atoms with E-state index in [0.717, 1.165) is 16.6 Å². The third kappa shape index (κ3) is 2.72. The predicted octanol–water partition coefficient (Wildman–Crippen LogP) is 5.15. The highest BCUT2D eigenvalue weighted by Gasteiger charge is 2.04. The summed E-state index contributed by atoms with van der Waals surface area (Å²) in [5.41, 5.74) is 3.05. The first-order valence-electron chi connectivity index (χ1n) is 6.25. The van der Waals surface area contributed by atoms with Gasteiger partial charge in [0.25, 0.3) is 0 Å². The van der Waals surface area contributed by atoms with Crippen LogP contribution in [0.2, 0.25) is 10.0 Å². The monoisotopic (exact) mass is 302 g/mol. The molecule has 0 atom stereocenters. The summed E-state index contributed by atoms with van der Waals surface area (Å²) in [5.74, 6) is 0. The van der Waals surface area contributed by atoms with Crippen molar-refractivity contribution in [1.82, 2.24) is 4.98 Å². The predicted molar refractivity (Wildman–Crippen MR) is 85.5 cm³/mol. The minimum Gasteiger partial charge on any atom is -0.380 e. The molecule has 2 aromatic carbocycles. The third-order valence-corrected chi connectivity index (χ3v) is 3.69. The second-order valence-corrected chi connectivity index (χ2v) is 5.31. The summed E-state index contributed by atoms with van der Waals surface area (Å²) in [5, 5.41) is 5.73. The van der Waals surface area contributed by atoms with Crippen LogP contribution in [-0.4, -0.2) is 4.98 Å². The summed E-state index contributed by atoms with van der Waals surface area (Å²) in [4.78, 5) is 4.35. The summed E-state index contributed by atoms with van der Waals surface area (Å²) in [6.07, 6.45) is 1.82. The second kappa shape index (κ2) is 5.70. The van der Waals surface area contributed by atoms with Crippen molar-refractivity contribution in [1.29, 1.82) is 0 Å². The van der Waals surface area contributed by atoms with E-state index in [4.69, 9.17) is 23.2 Å². The topological polar surface area (TPSA) is 24.9 Å². The number of nitrogens with zero attached hydrogens (tertiary/aromatic N) is 1. The summed E-state index contributed by atoms with van der Waals surface area (Å²) in [7, 11) is 0. The molecule has 0 fully saturated rings. The van der Waals surface area contributed by atoms with Gasteiger partial charge in [-0.3, -0.25) is 4.98 Å². The Morgan fingerprint density at radius 1 is 1.00 bits per heavy atom. The third-order valence-electron chi connectivity index (χ3n) is 3.14. The number of nitrogens with one attached hydrogen (secondary N) is 1. The average molecular weight is 303 g/mol. The van der Waals surface area contributed by atoms with Crippen LogP contribution in [-0.2, 0) is 6.54 Å². The van der Waals surface area contributed by atoms with Crippen molar-refractivity contribution < 1.29 is 0 Å². The zero-order valence-corrected chi connectivity index (χ0v) is 12.1. The van der Waals surface area contributed by atoms with Crippen LogP contribution in [0.15, 0.2) is 54.7 Å². The lowest BCUT2D eigenvalue weighted by molar-refractivity contribution is 1.16. The van der Waals surface area contributed by atoms with Gasteiger partial charge < -0.3 is 5.32 Å². The van der Waals surface area contributed by atoms with Crippen LogP contribution in [0.4, 0.5) is 5.69 Å². The van der Waals surface area contributed by atoms with Crippen LogP contribution in [0.1, 0.15) is 5.56 Å². The first kappa shape index (κ1) is 13.2. The van der Waals surface area contributed by atoms with Gasteiger partial charge in [0.1, 0.15) is 0 Å². The zero-order valence-electron chi connectivity index (χ0n) is 10.6. The van der Waals surface area contributed by atoms with Crippen LogP contribution >= 0.6 is 23.2 Å². The number of hydrogen-bond donors (Lipinski definition) is 1. The highest BCUT2D eigenvalue weighted by molar-refractivity contribution is 6.36. The molecule has 0 aliphatic rings. The van der Waals surface area contributed by atoms with Gasteiger partial charge in [0.05, 0.1) is 16.2 Å². The van der Waals surface area contributed by atoms with Crippen LogP contribution in [0.5, 0.6) is 0 Å². The van der Waals surface area contributed by atoms with Crippen LogP contribution in [0.25, 0.3) is 10.9 Å². The van der Waals surface area contributed by atoms with Gasteiger partial charge in [0.15, 0.2) is 0 Å². The maximum Gasteiger partial charge on any atom is 0.0705 e. The number of fused-ring (bicyclic) bond motifs is 1. The van der Waals surface area contributed by atoms with E-state index in [1.807, 2.05) is 42.6 Å². The molecule has 20 heavy (non-hydrogen) atoms. The smallest absolute Gasteiger partial charge is 0.0705 e. The van der Waals surface area contributed by atoms with E-state index in [2.05, 4.69) is 16.4 Å². The van der Waals surface area contributed by atoms with Crippen molar-refractivity contribution in [2.75, 3.05) is 5.32 Å². The number of pyridine rings is 1. The molecular formula is C16H12Cl2N2. The molecule has 1 heterocycles. The maximum absolute atomic E-state index is 6.15. The quantitative estimate of drug-likeness (QED) is 0.723. The number of aromatic nitrogens is 1. The van der Waals surface area contributed by atoms with E-state index in [1.165, 1.54) is 5.56 Å². The number of rotatable bonds is 3. The van der Waals surface area contributed by atoms with Crippen LogP contribution < -0.4 is 5.32 Å². The molecule has 2 nitrogen and oxygen atoms in total. The lowest BCUT2D eigenvalue weighted by Crippen LogP contribution is -2.01. The summed E-state index contributed by atoms with van der Waals surface area (Å²) in [6, 6.07) is 15.5. The molecule has 3 rings (SSSR count). The van der Waals surface area contributed by atoms with Gasteiger partial charge in [-0.25, -0.2) is 0 Å². The largest absolute Gasteiger partial charge is 0.380 e. The molecule has 0 radical (unpaired) electrons. The molecule has 4 heteroatoms. The Bertz CT molecular complexity index is 751. The van der Waals surface area contributed by atoms with Gasteiger partial charge in [-0.15, -0.1) is 0 Å². The molecule has 0 bridgehead atoms. The van der Waals surface area contributed by atoms with Crippen molar-refractivity contribution in [2.45, 2.75) is 6.54 Å². The highest BCUT2D eigenvalue weighted by Crippen LogP contribution is 2.26. The summed E-state index contributed by atoms with van der Waals surface area (Å²) < 4.78 is 0. The van der Waals surface area contributed by atoms with E-state index < -0.39 is 0 Å². The Labute approximate surface area is 127 Å². The van der Waals surface area contributed by atoms with Crippen molar-refractivity contribution in [3.05, 3.63) is 70.3 Å². The Balaban J connectivity index is 1.87. The molecule has 100 valence electrons. The Hall–Kier alpha value is -1.77. The fraction of sp³-hybridized carbons (Fsp3) is 0.0625. The molecule has 0 saturated heterocycles. The van der Waals surface area contributed by atoms with Gasteiger partial charge in [0.2, 0.25) is 0 Å². The molecule has 1 aromatic heterocycles. The van der Waals surface area contributed by atoms with Gasteiger partial charge in [-0.1, -0.05) is 41.4 Å². The molecule has 0 saturated carbocycles. The van der Waals surface area contributed by atoms with Gasteiger partial charge in [0, 0.05) is 23.2 Å². The van der Waals surface area contributed by atoms with Crippen molar-refractivity contribution in [2.24, 2.45) is 0 Å². The summed E-state index contributed by atoms with van der Waals surface area (Å²) >= 11 is 12.0. The zero-order chi connectivity index (χ0) is 13.9. The lowest BCUT2D eigenvalue weighted by Gasteiger charge is -2.10. The maximum atomic E-state index is 6.15. The van der Waals surface area contributed by atoms with E-state index in [9.17, 15) is 0 Å². The van der Waals surface area contributed by atoms with Crippen molar-refractivity contribution >= 4 is 39.8 Å². The first-order valence-corrected chi connectivity index (χ1v) is 7.01. The highest BCUT2D eigenvalue weighted by atomic mass is 35.5. The van der Waals surface area contributed by atoms with Crippen molar-refractivity contribution in [3.63, 3.8) is 0 Å². The molecule has 3 aromatic rings. The Morgan fingerprint density at radius 3 is 2.70 bits per heavy atom. The van der Waals surface area contributed by atoms with Crippen LogP contribution in [0, 0.1) is 0 Å². The average Bonchev–Trinajstić information content (AvgIpc) is 2.46. The standard InChI is InChI=1S/C16H12Cl2N2/c17-12-5-6-16(14(18)9-12)20-10-11-7-8-19-15-4-2-1-3-13(11)15/h1-9,20H,10H2. The normalized spacial score (nSPS) is 10.7. The van der Waals surface area contributed by atoms with E-state index in [0.29, 0.717) is 16.6 Å². The van der Waals surface area contributed by atoms with Gasteiger partial charge in [-0.2, -0.15) is 0 Å². The molecule has 0 unspecified atom stereocenters. The minimum atomic E-state index is 0.621. The Kier molecular flexibility index (Phi) is 3.77. The number of halogens is 2. The number of para-hydroxylation sites is 1. The van der Waals surface area contributed by atoms with Gasteiger partial charge >= 0.3 is 0 Å². The van der Waals surface area contributed by atoms with E-state index >= 15 is 0 Å². The second-order valence-electron chi connectivity index (χ2n) is 4.46. The van der Waals surface area contributed by atoms with E-state index in [-0.39, 0.29) is 0 Å². The first-order chi connectivity index (χ1) is 9.74. The van der Waals surface area contributed by atoms with E-state index in [1.54, 1.807) is 6.07 Å². The SMILES string of the molecule is Clc1ccc(NCc2ccnc3ccccc23)c(Cl)c1. The molecule has 0 spiro atoms. The Morgan fingerprint density at radius 2 is 1.85 bits per heavy atom. The fourth-order valence-electron chi connectivity index (χ4n) is 2.13. The molecule has 0 aliphatic heterocycles. The number of hydrogen-bond acceptors (Lipinski definition) is 2. The van der Waals surface area contributed by atoms with Gasteiger partial charge in [-0.05, 0) is 35.9 Å². The number of anilines is 1. The summed E-state index contributed by atoms with van der Waals surface area (Å²) in [6.45, 7) is 0.685. The number of benzene rings is 2. The lowest BCUT2D eigenvalue weighted by atomic mass is 10.1. The molecular weight excluding hydrogens is 291 g/mol. The van der Waals surface area contributed by atoms with Crippen LogP contribution in [0.3, 0.4) is 0 Å². The molecule has 0 aliphatic carbocycles.